The minimum absolute atomic E-state index is 0.00918. The van der Waals surface area contributed by atoms with Crippen molar-refractivity contribution in [3.05, 3.63) is 28.2 Å². The van der Waals surface area contributed by atoms with E-state index >= 15 is 0 Å². The number of hydrogen-bond donors (Lipinski definition) is 0. The average molecular weight is 411 g/mol. The Balaban J connectivity index is 1.51. The number of hydrogen-bond acceptors (Lipinski definition) is 6. The van der Waals surface area contributed by atoms with E-state index in [1.165, 1.54) is 4.68 Å². The van der Waals surface area contributed by atoms with Gasteiger partial charge in [-0.1, -0.05) is 20.8 Å². The molecule has 9 heteroatoms. The fourth-order valence-corrected chi connectivity index (χ4v) is 5.42. The summed E-state index contributed by atoms with van der Waals surface area (Å²) < 4.78 is 24.7. The van der Waals surface area contributed by atoms with E-state index in [1.807, 2.05) is 0 Å². The summed E-state index contributed by atoms with van der Waals surface area (Å²) in [6, 6.07) is 3.35. The quantitative estimate of drug-likeness (QED) is 0.700. The molecular weight excluding hydrogens is 380 g/mol. The molecule has 2 aliphatic rings. The Kier molecular flexibility index (Phi) is 5.95. The highest BCUT2D eigenvalue weighted by atomic mass is 32.2. The van der Waals surface area contributed by atoms with E-state index in [1.54, 1.807) is 17.0 Å². The molecule has 3 heterocycles. The van der Waals surface area contributed by atoms with Crippen molar-refractivity contribution < 1.29 is 13.2 Å². The third kappa shape index (κ3) is 5.00. The zero-order chi connectivity index (χ0) is 20.5. The van der Waals surface area contributed by atoms with Crippen LogP contribution in [0.2, 0.25) is 0 Å². The van der Waals surface area contributed by atoms with Crippen LogP contribution in [-0.4, -0.2) is 78.1 Å². The van der Waals surface area contributed by atoms with E-state index in [0.29, 0.717) is 32.6 Å². The summed E-state index contributed by atoms with van der Waals surface area (Å²) in [5, 5.41) is 4.49. The third-order valence-corrected chi connectivity index (χ3v) is 7.30. The first-order valence-electron chi connectivity index (χ1n) is 9.85. The zero-order valence-electron chi connectivity index (χ0n) is 16.9. The van der Waals surface area contributed by atoms with Crippen LogP contribution in [0, 0.1) is 5.92 Å². The van der Waals surface area contributed by atoms with Crippen LogP contribution >= 0.6 is 0 Å². The summed E-state index contributed by atoms with van der Waals surface area (Å²) in [6.45, 7) is 10.0. The molecule has 0 N–H and O–H groups in total. The third-order valence-electron chi connectivity index (χ3n) is 5.53. The Hall–Kier alpha value is -1.74. The predicted octanol–water partition coefficient (Wildman–Crippen LogP) is 0.120. The number of carbonyl (C=O) groups excluding carboxylic acids is 1. The molecule has 3 rings (SSSR count). The van der Waals surface area contributed by atoms with E-state index in [0.717, 1.165) is 18.8 Å². The number of carbonyl (C=O) groups is 1. The van der Waals surface area contributed by atoms with Crippen LogP contribution in [0.5, 0.6) is 0 Å². The number of aromatic nitrogens is 2. The lowest BCUT2D eigenvalue weighted by atomic mass is 9.92. The van der Waals surface area contributed by atoms with Crippen molar-refractivity contribution in [3.8, 4) is 0 Å². The molecule has 2 saturated heterocycles. The van der Waals surface area contributed by atoms with Gasteiger partial charge in [-0.2, -0.15) is 5.10 Å². The largest absolute Gasteiger partial charge is 0.340 e. The van der Waals surface area contributed by atoms with Crippen LogP contribution < -0.4 is 5.56 Å². The summed E-state index contributed by atoms with van der Waals surface area (Å²) in [7, 11) is -3.04. The lowest BCUT2D eigenvalue weighted by Gasteiger charge is -2.35. The maximum atomic E-state index is 12.5. The lowest BCUT2D eigenvalue weighted by molar-refractivity contribution is -0.136. The highest BCUT2D eigenvalue weighted by Gasteiger charge is 2.36. The zero-order valence-corrected chi connectivity index (χ0v) is 17.7. The molecule has 1 aromatic rings. The molecule has 156 valence electrons. The molecule has 8 nitrogen and oxygen atoms in total. The van der Waals surface area contributed by atoms with E-state index in [9.17, 15) is 18.0 Å². The lowest BCUT2D eigenvalue weighted by Crippen LogP contribution is -2.51. The second-order valence-corrected chi connectivity index (χ2v) is 11.0. The van der Waals surface area contributed by atoms with Crippen molar-refractivity contribution in [2.75, 3.05) is 44.2 Å². The minimum Gasteiger partial charge on any atom is -0.340 e. The summed E-state index contributed by atoms with van der Waals surface area (Å²) in [5.41, 5.74) is 0.660. The van der Waals surface area contributed by atoms with Gasteiger partial charge in [-0.3, -0.25) is 14.5 Å². The van der Waals surface area contributed by atoms with Gasteiger partial charge in [0.1, 0.15) is 0 Å². The Morgan fingerprint density at radius 3 is 2.39 bits per heavy atom. The topological polar surface area (TPSA) is 92.6 Å². The summed E-state index contributed by atoms with van der Waals surface area (Å²) in [6.07, 6.45) is 0.445. The second kappa shape index (κ2) is 7.94. The maximum absolute atomic E-state index is 12.5. The molecule has 0 aromatic carbocycles. The van der Waals surface area contributed by atoms with Gasteiger partial charge in [-0.05, 0) is 12.5 Å². The van der Waals surface area contributed by atoms with Crippen LogP contribution in [0.25, 0.3) is 0 Å². The van der Waals surface area contributed by atoms with Crippen molar-refractivity contribution in [2.24, 2.45) is 5.92 Å². The van der Waals surface area contributed by atoms with Gasteiger partial charge in [-0.25, -0.2) is 13.1 Å². The molecule has 0 bridgehead atoms. The molecule has 1 aromatic heterocycles. The smallest absolute Gasteiger partial charge is 0.266 e. The number of amides is 1. The van der Waals surface area contributed by atoms with Crippen LogP contribution in [-0.2, 0) is 26.6 Å². The Labute approximate surface area is 166 Å². The van der Waals surface area contributed by atoms with Gasteiger partial charge in [-0.15, -0.1) is 0 Å². The first kappa shape index (κ1) is 21.0. The minimum atomic E-state index is -3.04. The number of nitrogens with zero attached hydrogens (tertiary/aromatic N) is 4. The highest BCUT2D eigenvalue weighted by Crippen LogP contribution is 2.21. The molecule has 2 fully saturated rings. The number of sulfone groups is 1. The van der Waals surface area contributed by atoms with Gasteiger partial charge in [0.15, 0.2) is 9.84 Å². The van der Waals surface area contributed by atoms with E-state index < -0.39 is 9.84 Å². The monoisotopic (exact) mass is 410 g/mol. The SMILES string of the molecule is CC(C)(C)c1ccc(=O)n(CCN2CCN(C(=O)C3CCS(=O)(=O)C3)CC2)n1. The second-order valence-electron chi connectivity index (χ2n) is 8.80. The molecule has 1 atom stereocenters. The molecular formula is C19H30N4O4S. The van der Waals surface area contributed by atoms with Gasteiger partial charge < -0.3 is 4.90 Å². The van der Waals surface area contributed by atoms with Gasteiger partial charge >= 0.3 is 0 Å². The highest BCUT2D eigenvalue weighted by molar-refractivity contribution is 7.91. The fraction of sp³-hybridized carbons (Fsp3) is 0.737. The van der Waals surface area contributed by atoms with Gasteiger partial charge in [0.2, 0.25) is 5.91 Å². The molecule has 0 aliphatic carbocycles. The van der Waals surface area contributed by atoms with Crippen LogP contribution in [0.4, 0.5) is 0 Å². The van der Waals surface area contributed by atoms with E-state index in [2.05, 4.69) is 30.8 Å². The van der Waals surface area contributed by atoms with Crippen LogP contribution in [0.1, 0.15) is 32.9 Å². The van der Waals surface area contributed by atoms with Crippen LogP contribution in [0.15, 0.2) is 16.9 Å². The Morgan fingerprint density at radius 1 is 1.14 bits per heavy atom. The number of rotatable bonds is 4. The molecule has 0 radical (unpaired) electrons. The first-order chi connectivity index (χ1) is 13.0. The molecule has 2 aliphatic heterocycles. The molecule has 1 unspecified atom stereocenters. The van der Waals surface area contributed by atoms with Gasteiger partial charge in [0.25, 0.3) is 5.56 Å². The van der Waals surface area contributed by atoms with Crippen LogP contribution in [0.3, 0.4) is 0 Å². The normalized spacial score (nSPS) is 23.1. The van der Waals surface area contributed by atoms with Gasteiger partial charge in [0.05, 0.1) is 29.7 Å². The summed E-state index contributed by atoms with van der Waals surface area (Å²) in [5.74, 6) is -0.292. The maximum Gasteiger partial charge on any atom is 0.266 e. The number of piperazine rings is 1. The molecule has 28 heavy (non-hydrogen) atoms. The predicted molar refractivity (Wildman–Crippen MR) is 107 cm³/mol. The Bertz CT molecular complexity index is 880. The average Bonchev–Trinajstić information content (AvgIpc) is 3.00. The summed E-state index contributed by atoms with van der Waals surface area (Å²) >= 11 is 0. The van der Waals surface area contributed by atoms with Crippen molar-refractivity contribution in [3.63, 3.8) is 0 Å². The summed E-state index contributed by atoms with van der Waals surface area (Å²) in [4.78, 5) is 28.6. The van der Waals surface area contributed by atoms with Crippen molar-refractivity contribution in [2.45, 2.75) is 39.2 Å². The van der Waals surface area contributed by atoms with Crippen molar-refractivity contribution in [1.82, 2.24) is 19.6 Å². The fourth-order valence-electron chi connectivity index (χ4n) is 3.69. The molecule has 0 spiro atoms. The standard InChI is InChI=1S/C19H30N4O4S/c1-19(2,3)16-4-5-17(24)23(20-16)12-9-21-7-10-22(11-8-21)18(25)15-6-13-28(26,27)14-15/h4-5,15H,6-14H2,1-3H3. The molecule has 0 saturated carbocycles. The first-order valence-corrected chi connectivity index (χ1v) is 11.7. The van der Waals surface area contributed by atoms with Crippen molar-refractivity contribution in [1.29, 1.82) is 0 Å². The van der Waals surface area contributed by atoms with E-state index in [-0.39, 0.29) is 34.3 Å². The van der Waals surface area contributed by atoms with Crippen molar-refractivity contribution >= 4 is 15.7 Å². The van der Waals surface area contributed by atoms with E-state index in [4.69, 9.17) is 0 Å². The molecule has 1 amide bonds. The Morgan fingerprint density at radius 2 is 1.82 bits per heavy atom. The van der Waals surface area contributed by atoms with Gasteiger partial charge in [0, 0.05) is 44.2 Å².